The Bertz CT molecular complexity index is 1060. The van der Waals surface area contributed by atoms with Crippen LogP contribution in [0, 0.1) is 0 Å². The van der Waals surface area contributed by atoms with Gasteiger partial charge in [-0.25, -0.2) is 0 Å². The number of hydrogen-bond donors (Lipinski definition) is 6. The molecule has 0 aromatic rings. The Balaban J connectivity index is 2.23. The van der Waals surface area contributed by atoms with Gasteiger partial charge in [0.25, 0.3) is 0 Å². The van der Waals surface area contributed by atoms with E-state index in [0.29, 0.717) is 19.4 Å². The van der Waals surface area contributed by atoms with Crippen molar-refractivity contribution < 1.29 is 49.3 Å². The number of ether oxygens (including phenoxy) is 3. The molecule has 1 saturated heterocycles. The molecule has 11 heteroatoms. The molecule has 1 aliphatic rings. The average molecular weight is 854 g/mol. The number of nitrogens with one attached hydrogen (secondary N) is 1. The van der Waals surface area contributed by atoms with Gasteiger partial charge in [-0.2, -0.15) is 0 Å². The van der Waals surface area contributed by atoms with Crippen molar-refractivity contribution >= 4 is 11.9 Å². The van der Waals surface area contributed by atoms with E-state index in [1.165, 1.54) is 96.3 Å². The summed E-state index contributed by atoms with van der Waals surface area (Å²) in [4.78, 5) is 24.9. The molecular weight excluding hydrogens is 763 g/mol. The normalized spacial score (nSPS) is 20.6. The van der Waals surface area contributed by atoms with Crippen LogP contribution < -0.4 is 5.32 Å². The van der Waals surface area contributed by atoms with Gasteiger partial charge >= 0.3 is 5.97 Å². The number of allylic oxidation sites excluding steroid dienone is 3. The molecule has 352 valence electrons. The molecule has 7 unspecified atom stereocenters. The van der Waals surface area contributed by atoms with Crippen LogP contribution in [0.3, 0.4) is 0 Å². The van der Waals surface area contributed by atoms with Gasteiger partial charge in [0, 0.05) is 12.8 Å². The summed E-state index contributed by atoms with van der Waals surface area (Å²) in [6.45, 7) is 4.19. The maximum absolute atomic E-state index is 12.9. The zero-order chi connectivity index (χ0) is 43.9. The van der Waals surface area contributed by atoms with Crippen molar-refractivity contribution in [2.24, 2.45) is 0 Å². The van der Waals surface area contributed by atoms with Gasteiger partial charge in [0.2, 0.25) is 5.91 Å². The number of carbonyl (C=O) groups excluding carboxylic acids is 2. The lowest BCUT2D eigenvalue weighted by Crippen LogP contribution is -2.60. The summed E-state index contributed by atoms with van der Waals surface area (Å²) in [5.74, 6) is -0.271. The molecule has 0 saturated carbocycles. The summed E-state index contributed by atoms with van der Waals surface area (Å²) in [6.07, 6.45) is 34.0. The minimum atomic E-state index is -1.58. The van der Waals surface area contributed by atoms with E-state index in [1.54, 1.807) is 6.08 Å². The fraction of sp³-hybridized carbons (Fsp3) is 0.878. The zero-order valence-corrected chi connectivity index (χ0v) is 38.2. The largest absolute Gasteiger partial charge is 0.466 e. The Morgan fingerprint density at radius 2 is 1.07 bits per heavy atom. The molecule has 0 aliphatic carbocycles. The Kier molecular flexibility index (Phi) is 37.4. The second kappa shape index (κ2) is 40.0. The van der Waals surface area contributed by atoms with Crippen LogP contribution in [-0.4, -0.2) is 100 Å². The maximum Gasteiger partial charge on any atom is 0.305 e. The first-order valence-corrected chi connectivity index (χ1v) is 24.6. The van der Waals surface area contributed by atoms with Gasteiger partial charge in [-0.05, 0) is 57.8 Å². The first kappa shape index (κ1) is 56.2. The summed E-state index contributed by atoms with van der Waals surface area (Å²) in [6, 6.07) is -0.828. The zero-order valence-electron chi connectivity index (χ0n) is 38.2. The highest BCUT2D eigenvalue weighted by atomic mass is 16.7. The SMILES string of the molecule is CCCCCCCCCC/C=C/C(O)C(COC1OC(CO)C(O)C(O)C1O)NC(=O)CCCCCCC/C=C\CCCCOC(=O)CCCCCCCCCCCCC. The minimum Gasteiger partial charge on any atom is -0.466 e. The summed E-state index contributed by atoms with van der Waals surface area (Å²) in [5, 5.41) is 54.1. The van der Waals surface area contributed by atoms with E-state index in [-0.39, 0.29) is 18.5 Å². The number of amides is 1. The predicted molar refractivity (Wildman–Crippen MR) is 241 cm³/mol. The minimum absolute atomic E-state index is 0.0583. The van der Waals surface area contributed by atoms with Gasteiger partial charge in [-0.3, -0.25) is 9.59 Å². The molecule has 1 amide bonds. The molecule has 6 N–H and O–H groups in total. The standard InChI is InChI=1S/C49H91NO10/c1-3-5-7-9-11-13-16-21-25-29-33-37-45(54)58-38-34-30-26-22-18-15-17-20-24-28-32-36-44(53)50-41(40-59-49-48(57)47(56)46(55)43(39-51)60-49)42(52)35-31-27-23-19-14-12-10-8-6-4-2/h18,22,31,35,41-43,46-49,51-52,55-57H,3-17,19-21,23-30,32-34,36-40H2,1-2H3,(H,50,53)/b22-18-,35-31+. The molecule has 60 heavy (non-hydrogen) atoms. The van der Waals surface area contributed by atoms with E-state index in [9.17, 15) is 35.1 Å². The van der Waals surface area contributed by atoms with Gasteiger partial charge in [0.15, 0.2) is 6.29 Å². The van der Waals surface area contributed by atoms with Crippen LogP contribution in [0.5, 0.6) is 0 Å². The lowest BCUT2D eigenvalue weighted by atomic mass is 9.99. The van der Waals surface area contributed by atoms with Gasteiger partial charge in [-0.1, -0.05) is 167 Å². The highest BCUT2D eigenvalue weighted by Crippen LogP contribution is 2.23. The van der Waals surface area contributed by atoms with Crippen molar-refractivity contribution in [2.75, 3.05) is 19.8 Å². The van der Waals surface area contributed by atoms with Crippen LogP contribution in [0.15, 0.2) is 24.3 Å². The summed E-state index contributed by atoms with van der Waals surface area (Å²) >= 11 is 0. The smallest absolute Gasteiger partial charge is 0.305 e. The topological polar surface area (TPSA) is 175 Å². The Morgan fingerprint density at radius 1 is 0.600 bits per heavy atom. The van der Waals surface area contributed by atoms with Crippen LogP contribution in [0.2, 0.25) is 0 Å². The summed E-state index contributed by atoms with van der Waals surface area (Å²) < 4.78 is 16.6. The van der Waals surface area contributed by atoms with E-state index in [1.807, 2.05) is 6.08 Å². The van der Waals surface area contributed by atoms with Gasteiger partial charge in [-0.15, -0.1) is 0 Å². The first-order chi connectivity index (χ1) is 29.2. The fourth-order valence-electron chi connectivity index (χ4n) is 7.54. The molecule has 1 fully saturated rings. The summed E-state index contributed by atoms with van der Waals surface area (Å²) in [5.41, 5.74) is 0. The molecule has 0 aromatic carbocycles. The second-order valence-electron chi connectivity index (χ2n) is 17.2. The molecule has 11 nitrogen and oxygen atoms in total. The van der Waals surface area contributed by atoms with Crippen molar-refractivity contribution in [1.29, 1.82) is 0 Å². The van der Waals surface area contributed by atoms with Gasteiger partial charge in [0.1, 0.15) is 24.4 Å². The number of unbranched alkanes of at least 4 members (excludes halogenated alkanes) is 25. The molecular formula is C49H91NO10. The molecule has 1 heterocycles. The van der Waals surface area contributed by atoms with Crippen molar-refractivity contribution in [3.8, 4) is 0 Å². The number of carbonyl (C=O) groups is 2. The highest BCUT2D eigenvalue weighted by Gasteiger charge is 2.44. The lowest BCUT2D eigenvalue weighted by molar-refractivity contribution is -0.302. The number of rotatable bonds is 41. The van der Waals surface area contributed by atoms with Crippen molar-refractivity contribution in [3.05, 3.63) is 24.3 Å². The molecule has 7 atom stereocenters. The third kappa shape index (κ3) is 30.2. The predicted octanol–water partition coefficient (Wildman–Crippen LogP) is 9.44. The molecule has 0 radical (unpaired) electrons. The molecule has 1 rings (SSSR count). The number of esters is 1. The number of aliphatic hydroxyl groups is 5. The quantitative estimate of drug-likeness (QED) is 0.0198. The van der Waals surface area contributed by atoms with E-state index < -0.39 is 49.5 Å². The van der Waals surface area contributed by atoms with Crippen molar-refractivity contribution in [1.82, 2.24) is 5.32 Å². The van der Waals surface area contributed by atoms with Gasteiger partial charge < -0.3 is 45.1 Å². The molecule has 0 spiro atoms. The fourth-order valence-corrected chi connectivity index (χ4v) is 7.54. The van der Waals surface area contributed by atoms with Crippen LogP contribution >= 0.6 is 0 Å². The number of hydrogen-bond acceptors (Lipinski definition) is 10. The van der Waals surface area contributed by atoms with Crippen molar-refractivity contribution in [2.45, 2.75) is 256 Å². The Hall–Kier alpha value is -1.86. The molecule has 0 aromatic heterocycles. The second-order valence-corrected chi connectivity index (χ2v) is 17.2. The Morgan fingerprint density at radius 3 is 1.60 bits per heavy atom. The number of aliphatic hydroxyl groups excluding tert-OH is 5. The van der Waals surface area contributed by atoms with Crippen molar-refractivity contribution in [3.63, 3.8) is 0 Å². The van der Waals surface area contributed by atoms with Gasteiger partial charge in [0.05, 0.1) is 32.0 Å². The summed E-state index contributed by atoms with van der Waals surface area (Å²) in [7, 11) is 0. The van der Waals surface area contributed by atoms with Crippen LogP contribution in [0.25, 0.3) is 0 Å². The van der Waals surface area contributed by atoms with Crippen LogP contribution in [0.4, 0.5) is 0 Å². The monoisotopic (exact) mass is 854 g/mol. The third-order valence-corrected chi connectivity index (χ3v) is 11.6. The first-order valence-electron chi connectivity index (χ1n) is 24.6. The average Bonchev–Trinajstić information content (AvgIpc) is 3.24. The molecule has 0 bridgehead atoms. The van der Waals surface area contributed by atoms with E-state index in [2.05, 4.69) is 31.3 Å². The van der Waals surface area contributed by atoms with E-state index in [0.717, 1.165) is 89.9 Å². The van der Waals surface area contributed by atoms with Crippen LogP contribution in [-0.2, 0) is 23.8 Å². The van der Waals surface area contributed by atoms with E-state index in [4.69, 9.17) is 14.2 Å². The third-order valence-electron chi connectivity index (χ3n) is 11.6. The van der Waals surface area contributed by atoms with Crippen LogP contribution in [0.1, 0.15) is 213 Å². The highest BCUT2D eigenvalue weighted by molar-refractivity contribution is 5.76. The molecule has 1 aliphatic heterocycles. The Labute approximate surface area is 365 Å². The lowest BCUT2D eigenvalue weighted by Gasteiger charge is -2.40. The van der Waals surface area contributed by atoms with E-state index >= 15 is 0 Å². The maximum atomic E-state index is 12.9.